The van der Waals surface area contributed by atoms with Crippen molar-refractivity contribution in [3.8, 4) is 0 Å². The minimum absolute atomic E-state index is 0.196. The van der Waals surface area contributed by atoms with E-state index in [0.29, 0.717) is 10.4 Å². The van der Waals surface area contributed by atoms with E-state index in [0.717, 1.165) is 6.29 Å². The third kappa shape index (κ3) is 1.37. The fraction of sp³-hybridized carbons (Fsp3) is 0.143. The molecule has 0 aromatic carbocycles. The van der Waals surface area contributed by atoms with E-state index in [1.807, 2.05) is 0 Å². The van der Waals surface area contributed by atoms with Crippen LogP contribution in [0.2, 0.25) is 0 Å². The Morgan fingerprint density at radius 3 is 2.90 bits per heavy atom. The van der Waals surface area contributed by atoms with Crippen molar-refractivity contribution in [1.29, 1.82) is 0 Å². The molecule has 0 saturated heterocycles. The van der Waals surface area contributed by atoms with Crippen molar-refractivity contribution in [3.05, 3.63) is 23.8 Å². The maximum atomic E-state index is 10.2. The summed E-state index contributed by atoms with van der Waals surface area (Å²) in [4.78, 5) is 10.8. The van der Waals surface area contributed by atoms with Gasteiger partial charge in [0.15, 0.2) is 0 Å². The molecule has 1 rings (SSSR count). The second-order valence-electron chi connectivity index (χ2n) is 2.05. The standard InChI is InChI=1S/C7H7NOS/c8-6-2-1-5(4-9)3-7(6)10/h1-4,6H,8H2. The number of carbonyl (C=O) groups is 1. The number of aldehydes is 1. The van der Waals surface area contributed by atoms with Gasteiger partial charge < -0.3 is 5.73 Å². The Kier molecular flexibility index (Phi) is 2.09. The largest absolute Gasteiger partial charge is 0.320 e. The summed E-state index contributed by atoms with van der Waals surface area (Å²) in [5, 5.41) is 0. The Labute approximate surface area is 64.4 Å². The first-order valence-electron chi connectivity index (χ1n) is 2.88. The molecule has 0 fully saturated rings. The van der Waals surface area contributed by atoms with Crippen molar-refractivity contribution in [3.63, 3.8) is 0 Å². The maximum Gasteiger partial charge on any atom is 0.150 e. The minimum Gasteiger partial charge on any atom is -0.320 e. The van der Waals surface area contributed by atoms with E-state index in [2.05, 4.69) is 0 Å². The molecule has 0 amide bonds. The number of hydrogen-bond acceptors (Lipinski definition) is 3. The van der Waals surface area contributed by atoms with Crippen LogP contribution < -0.4 is 5.73 Å². The third-order valence-corrected chi connectivity index (χ3v) is 1.66. The van der Waals surface area contributed by atoms with Crippen LogP contribution in [0.15, 0.2) is 23.8 Å². The molecule has 1 atom stereocenters. The molecule has 2 nitrogen and oxygen atoms in total. The summed E-state index contributed by atoms with van der Waals surface area (Å²) in [5.41, 5.74) is 6.10. The average Bonchev–Trinajstić information content (AvgIpc) is 1.95. The molecule has 0 bridgehead atoms. The lowest BCUT2D eigenvalue weighted by Crippen LogP contribution is -2.27. The first-order valence-corrected chi connectivity index (χ1v) is 3.29. The van der Waals surface area contributed by atoms with Gasteiger partial charge in [0, 0.05) is 10.4 Å². The van der Waals surface area contributed by atoms with Gasteiger partial charge in [0.1, 0.15) is 6.29 Å². The van der Waals surface area contributed by atoms with Gasteiger partial charge in [-0.1, -0.05) is 24.4 Å². The number of nitrogens with two attached hydrogens (primary N) is 1. The van der Waals surface area contributed by atoms with Crippen molar-refractivity contribution < 1.29 is 4.79 Å². The van der Waals surface area contributed by atoms with E-state index in [1.165, 1.54) is 0 Å². The van der Waals surface area contributed by atoms with Gasteiger partial charge in [0.25, 0.3) is 0 Å². The highest BCUT2D eigenvalue weighted by Crippen LogP contribution is 2.04. The summed E-state index contributed by atoms with van der Waals surface area (Å²) in [6.07, 6.45) is 5.77. The van der Waals surface area contributed by atoms with Crippen molar-refractivity contribution in [1.82, 2.24) is 0 Å². The Morgan fingerprint density at radius 2 is 2.40 bits per heavy atom. The number of hydrogen-bond donors (Lipinski definition) is 1. The van der Waals surface area contributed by atoms with Crippen LogP contribution in [0, 0.1) is 0 Å². The van der Waals surface area contributed by atoms with Gasteiger partial charge in [-0.25, -0.2) is 0 Å². The van der Waals surface area contributed by atoms with Crippen LogP contribution >= 0.6 is 12.2 Å². The van der Waals surface area contributed by atoms with Gasteiger partial charge in [-0.3, -0.25) is 4.79 Å². The Bertz CT molecular complexity index is 230. The van der Waals surface area contributed by atoms with Gasteiger partial charge in [-0.2, -0.15) is 0 Å². The third-order valence-electron chi connectivity index (χ3n) is 1.27. The normalized spacial score (nSPS) is 24.3. The molecular weight excluding hydrogens is 146 g/mol. The topological polar surface area (TPSA) is 43.1 Å². The van der Waals surface area contributed by atoms with Crippen molar-refractivity contribution in [2.24, 2.45) is 5.73 Å². The second-order valence-corrected chi connectivity index (χ2v) is 2.52. The summed E-state index contributed by atoms with van der Waals surface area (Å²) < 4.78 is 0. The average molecular weight is 153 g/mol. The van der Waals surface area contributed by atoms with Gasteiger partial charge in [0.2, 0.25) is 0 Å². The van der Waals surface area contributed by atoms with Gasteiger partial charge in [-0.05, 0) is 6.08 Å². The smallest absolute Gasteiger partial charge is 0.150 e. The quantitative estimate of drug-likeness (QED) is 0.437. The van der Waals surface area contributed by atoms with Crippen molar-refractivity contribution in [2.75, 3.05) is 0 Å². The lowest BCUT2D eigenvalue weighted by molar-refractivity contribution is -0.104. The molecule has 10 heavy (non-hydrogen) atoms. The molecule has 3 heteroatoms. The lowest BCUT2D eigenvalue weighted by atomic mass is 10.0. The van der Waals surface area contributed by atoms with Gasteiger partial charge >= 0.3 is 0 Å². The fourth-order valence-electron chi connectivity index (χ4n) is 0.692. The molecule has 1 unspecified atom stereocenters. The molecule has 2 N–H and O–H groups in total. The first-order chi connectivity index (χ1) is 4.74. The SMILES string of the molecule is NC1C=CC(C=O)=CC1=S. The molecule has 1 aliphatic carbocycles. The monoisotopic (exact) mass is 153 g/mol. The summed E-state index contributed by atoms with van der Waals surface area (Å²) in [6.45, 7) is 0. The van der Waals surface area contributed by atoms with E-state index in [4.69, 9.17) is 18.0 Å². The summed E-state index contributed by atoms with van der Waals surface area (Å²) in [5.74, 6) is 0. The molecule has 0 aliphatic heterocycles. The molecule has 0 radical (unpaired) electrons. The fourth-order valence-corrected chi connectivity index (χ4v) is 0.906. The Hall–Kier alpha value is -0.800. The first kappa shape index (κ1) is 7.31. The van der Waals surface area contributed by atoms with E-state index in [1.54, 1.807) is 18.2 Å². The predicted octanol–water partition coefficient (Wildman–Crippen LogP) is 0.379. The minimum atomic E-state index is -0.196. The van der Waals surface area contributed by atoms with Crippen LogP contribution in [-0.2, 0) is 4.79 Å². The molecule has 0 heterocycles. The molecule has 0 aromatic heterocycles. The second kappa shape index (κ2) is 2.86. The molecule has 0 saturated carbocycles. The van der Waals surface area contributed by atoms with Crippen LogP contribution in [0.3, 0.4) is 0 Å². The molecule has 0 spiro atoms. The number of allylic oxidation sites excluding steroid dienone is 2. The summed E-state index contributed by atoms with van der Waals surface area (Å²) in [6, 6.07) is -0.196. The van der Waals surface area contributed by atoms with E-state index < -0.39 is 0 Å². The zero-order valence-corrected chi connectivity index (χ0v) is 6.10. The Balaban J connectivity index is 2.85. The zero-order chi connectivity index (χ0) is 7.56. The predicted molar refractivity (Wildman–Crippen MR) is 43.9 cm³/mol. The highest BCUT2D eigenvalue weighted by Gasteiger charge is 2.07. The summed E-state index contributed by atoms with van der Waals surface area (Å²) in [7, 11) is 0. The van der Waals surface area contributed by atoms with E-state index in [9.17, 15) is 4.79 Å². The number of carbonyl (C=O) groups excluding carboxylic acids is 1. The summed E-state index contributed by atoms with van der Waals surface area (Å²) >= 11 is 4.86. The van der Waals surface area contributed by atoms with Crippen LogP contribution in [0.5, 0.6) is 0 Å². The van der Waals surface area contributed by atoms with Gasteiger partial charge in [0.05, 0.1) is 6.04 Å². The van der Waals surface area contributed by atoms with Gasteiger partial charge in [-0.15, -0.1) is 0 Å². The van der Waals surface area contributed by atoms with Crippen LogP contribution in [0.4, 0.5) is 0 Å². The molecule has 1 aliphatic rings. The van der Waals surface area contributed by atoms with E-state index >= 15 is 0 Å². The number of thiocarbonyl (C=S) groups is 1. The van der Waals surface area contributed by atoms with Crippen LogP contribution in [0.1, 0.15) is 0 Å². The van der Waals surface area contributed by atoms with E-state index in [-0.39, 0.29) is 6.04 Å². The molecular formula is C7H7NOS. The van der Waals surface area contributed by atoms with Crippen LogP contribution in [0.25, 0.3) is 0 Å². The number of rotatable bonds is 1. The maximum absolute atomic E-state index is 10.2. The zero-order valence-electron chi connectivity index (χ0n) is 5.28. The lowest BCUT2D eigenvalue weighted by Gasteiger charge is -2.08. The van der Waals surface area contributed by atoms with Crippen molar-refractivity contribution >= 4 is 23.4 Å². The highest BCUT2D eigenvalue weighted by atomic mass is 32.1. The Morgan fingerprint density at radius 1 is 1.70 bits per heavy atom. The molecule has 0 aromatic rings. The highest BCUT2D eigenvalue weighted by molar-refractivity contribution is 7.80. The molecule has 52 valence electrons. The van der Waals surface area contributed by atoms with Crippen molar-refractivity contribution in [2.45, 2.75) is 6.04 Å². The van der Waals surface area contributed by atoms with Crippen LogP contribution in [-0.4, -0.2) is 17.2 Å².